The predicted molar refractivity (Wildman–Crippen MR) is 78.7 cm³/mol. The van der Waals surface area contributed by atoms with Crippen molar-refractivity contribution in [3.05, 3.63) is 48.2 Å². The maximum atomic E-state index is 11.8. The maximum absolute atomic E-state index is 11.8. The summed E-state index contributed by atoms with van der Waals surface area (Å²) in [6.45, 7) is 0. The van der Waals surface area contributed by atoms with E-state index in [0.29, 0.717) is 5.69 Å². The van der Waals surface area contributed by atoms with E-state index in [2.05, 4.69) is 10.3 Å². The van der Waals surface area contributed by atoms with E-state index in [1.165, 1.54) is 30.5 Å². The number of rotatable bonds is 5. The molecule has 0 saturated carbocycles. The molecule has 108 valence electrons. The molecule has 1 aromatic carbocycles. The van der Waals surface area contributed by atoms with E-state index in [1.54, 1.807) is 12.1 Å². The fraction of sp³-hybridized carbons (Fsp3) is 0.0714. The van der Waals surface area contributed by atoms with Crippen LogP contribution in [0.5, 0.6) is 5.75 Å². The molecule has 0 saturated heterocycles. The number of benzene rings is 1. The number of aromatic hydroxyl groups is 1. The lowest BCUT2D eigenvalue weighted by Crippen LogP contribution is -2.14. The molecule has 0 spiro atoms. The van der Waals surface area contributed by atoms with E-state index in [-0.39, 0.29) is 28.0 Å². The van der Waals surface area contributed by atoms with Gasteiger partial charge in [0.1, 0.15) is 10.8 Å². The zero-order chi connectivity index (χ0) is 15.2. The first-order valence-corrected chi connectivity index (χ1v) is 6.95. The van der Waals surface area contributed by atoms with Crippen LogP contribution in [0.2, 0.25) is 0 Å². The van der Waals surface area contributed by atoms with Gasteiger partial charge in [-0.25, -0.2) is 9.78 Å². The third-order valence-electron chi connectivity index (χ3n) is 2.47. The Morgan fingerprint density at radius 2 is 2.05 bits per heavy atom. The van der Waals surface area contributed by atoms with Gasteiger partial charge in [-0.05, 0) is 24.3 Å². The Hall–Kier alpha value is -2.54. The van der Waals surface area contributed by atoms with Gasteiger partial charge in [-0.1, -0.05) is 17.8 Å². The lowest BCUT2D eigenvalue weighted by atomic mass is 10.3. The number of phenolic OH excluding ortho intramolecular Hbond substituents is 1. The minimum absolute atomic E-state index is 0.0208. The maximum Gasteiger partial charge on any atom is 0.338 e. The van der Waals surface area contributed by atoms with Crippen molar-refractivity contribution in [3.63, 3.8) is 0 Å². The second kappa shape index (κ2) is 6.76. The number of nitrogens with zero attached hydrogens (tertiary/aromatic N) is 1. The van der Waals surface area contributed by atoms with Gasteiger partial charge >= 0.3 is 5.97 Å². The highest BCUT2D eigenvalue weighted by Gasteiger charge is 2.12. The normalized spacial score (nSPS) is 10.1. The Balaban J connectivity index is 1.97. The van der Waals surface area contributed by atoms with E-state index in [0.717, 1.165) is 11.8 Å². The van der Waals surface area contributed by atoms with Crippen LogP contribution in [0, 0.1) is 0 Å². The molecule has 0 unspecified atom stereocenters. The third-order valence-corrected chi connectivity index (χ3v) is 3.48. The Morgan fingerprint density at radius 1 is 1.24 bits per heavy atom. The minimum atomic E-state index is -1.08. The topological polar surface area (TPSA) is 99.5 Å². The summed E-state index contributed by atoms with van der Waals surface area (Å²) in [5, 5.41) is 21.2. The highest BCUT2D eigenvalue weighted by Crippen LogP contribution is 2.21. The number of amides is 1. The lowest BCUT2D eigenvalue weighted by Gasteiger charge is -2.06. The van der Waals surface area contributed by atoms with Gasteiger partial charge in [0.05, 0.1) is 11.3 Å². The van der Waals surface area contributed by atoms with Crippen LogP contribution in [-0.2, 0) is 4.79 Å². The molecule has 1 heterocycles. The summed E-state index contributed by atoms with van der Waals surface area (Å²) in [7, 11) is 0. The molecule has 3 N–H and O–H groups in total. The van der Waals surface area contributed by atoms with Gasteiger partial charge in [-0.3, -0.25) is 4.79 Å². The van der Waals surface area contributed by atoms with Crippen LogP contribution in [0.3, 0.4) is 0 Å². The molecule has 2 rings (SSSR count). The summed E-state index contributed by atoms with van der Waals surface area (Å²) in [4.78, 5) is 26.8. The van der Waals surface area contributed by atoms with Gasteiger partial charge in [0.25, 0.3) is 0 Å². The van der Waals surface area contributed by atoms with E-state index < -0.39 is 5.97 Å². The Bertz CT molecular complexity index is 676. The Morgan fingerprint density at radius 3 is 2.76 bits per heavy atom. The average Bonchev–Trinajstić information content (AvgIpc) is 2.45. The number of hydrogen-bond acceptors (Lipinski definition) is 5. The van der Waals surface area contributed by atoms with Gasteiger partial charge in [0.2, 0.25) is 5.91 Å². The summed E-state index contributed by atoms with van der Waals surface area (Å²) in [6.07, 6.45) is 1.47. The predicted octanol–water partition coefficient (Wildman–Crippen LogP) is 2.22. The van der Waals surface area contributed by atoms with Gasteiger partial charge in [0, 0.05) is 18.0 Å². The lowest BCUT2D eigenvalue weighted by molar-refractivity contribution is -0.113. The zero-order valence-corrected chi connectivity index (χ0v) is 11.6. The zero-order valence-electron chi connectivity index (χ0n) is 10.8. The molecule has 1 aromatic heterocycles. The number of hydrogen-bond donors (Lipinski definition) is 3. The monoisotopic (exact) mass is 304 g/mol. The molecule has 0 aliphatic carbocycles. The number of carbonyl (C=O) groups is 2. The molecule has 1 amide bonds. The number of nitrogens with one attached hydrogen (secondary N) is 1. The SMILES string of the molecule is O=C(CSc1ncccc1C(=O)O)Nc1cccc(O)c1. The number of phenols is 1. The van der Waals surface area contributed by atoms with Crippen LogP contribution in [0.15, 0.2) is 47.6 Å². The number of aromatic carboxylic acids is 1. The molecule has 0 aliphatic heterocycles. The molecular formula is C14H12N2O4S. The van der Waals surface area contributed by atoms with E-state index in [9.17, 15) is 14.7 Å². The van der Waals surface area contributed by atoms with Gasteiger partial charge in [0.15, 0.2) is 0 Å². The van der Waals surface area contributed by atoms with Crippen LogP contribution in [-0.4, -0.2) is 32.8 Å². The second-order valence-electron chi connectivity index (χ2n) is 4.05. The van der Waals surface area contributed by atoms with Crippen molar-refractivity contribution >= 4 is 29.3 Å². The summed E-state index contributed by atoms with van der Waals surface area (Å²) in [6, 6.07) is 9.14. The van der Waals surface area contributed by atoms with Crippen LogP contribution in [0.25, 0.3) is 0 Å². The van der Waals surface area contributed by atoms with Crippen LogP contribution >= 0.6 is 11.8 Å². The summed E-state index contributed by atoms with van der Waals surface area (Å²) in [5.74, 6) is -1.32. The molecular weight excluding hydrogens is 292 g/mol. The summed E-state index contributed by atoms with van der Waals surface area (Å²) >= 11 is 1.04. The smallest absolute Gasteiger partial charge is 0.338 e. The first-order valence-electron chi connectivity index (χ1n) is 5.96. The highest BCUT2D eigenvalue weighted by atomic mass is 32.2. The van der Waals surface area contributed by atoms with Crippen molar-refractivity contribution in [3.8, 4) is 5.75 Å². The third kappa shape index (κ3) is 4.22. The number of aromatic nitrogens is 1. The summed E-state index contributed by atoms with van der Waals surface area (Å²) in [5.41, 5.74) is 0.535. The van der Waals surface area contributed by atoms with E-state index in [1.807, 2.05) is 0 Å². The number of carboxylic acids is 1. The summed E-state index contributed by atoms with van der Waals surface area (Å²) < 4.78 is 0. The van der Waals surface area contributed by atoms with Crippen molar-refractivity contribution in [1.29, 1.82) is 0 Å². The standard InChI is InChI=1S/C14H12N2O4S/c17-10-4-1-3-9(7-10)16-12(18)8-21-13-11(14(19)20)5-2-6-15-13/h1-7,17H,8H2,(H,16,18)(H,19,20). The molecule has 6 nitrogen and oxygen atoms in total. The first kappa shape index (κ1) is 14.9. The first-order chi connectivity index (χ1) is 10.1. The largest absolute Gasteiger partial charge is 0.508 e. The van der Waals surface area contributed by atoms with Crippen molar-refractivity contribution in [2.24, 2.45) is 0 Å². The average molecular weight is 304 g/mol. The van der Waals surface area contributed by atoms with Crippen LogP contribution in [0.4, 0.5) is 5.69 Å². The number of carboxylic acid groups (broad SMARTS) is 1. The minimum Gasteiger partial charge on any atom is -0.508 e. The molecule has 0 radical (unpaired) electrons. The van der Waals surface area contributed by atoms with Crippen molar-refractivity contribution < 1.29 is 19.8 Å². The second-order valence-corrected chi connectivity index (χ2v) is 5.01. The number of pyridine rings is 1. The Kier molecular flexibility index (Phi) is 4.78. The van der Waals surface area contributed by atoms with Crippen molar-refractivity contribution in [2.45, 2.75) is 5.03 Å². The molecule has 0 bridgehead atoms. The van der Waals surface area contributed by atoms with Gasteiger partial charge in [-0.15, -0.1) is 0 Å². The van der Waals surface area contributed by atoms with Gasteiger partial charge < -0.3 is 15.5 Å². The Labute approximate surface area is 124 Å². The fourth-order valence-corrected chi connectivity index (χ4v) is 2.37. The number of anilines is 1. The van der Waals surface area contributed by atoms with E-state index in [4.69, 9.17) is 5.11 Å². The molecule has 21 heavy (non-hydrogen) atoms. The van der Waals surface area contributed by atoms with Gasteiger partial charge in [-0.2, -0.15) is 0 Å². The quantitative estimate of drug-likeness (QED) is 0.732. The molecule has 0 aliphatic rings. The van der Waals surface area contributed by atoms with E-state index >= 15 is 0 Å². The van der Waals surface area contributed by atoms with Crippen molar-refractivity contribution in [2.75, 3.05) is 11.1 Å². The van der Waals surface area contributed by atoms with Crippen LogP contribution in [0.1, 0.15) is 10.4 Å². The molecule has 0 fully saturated rings. The highest BCUT2D eigenvalue weighted by molar-refractivity contribution is 8.00. The van der Waals surface area contributed by atoms with Crippen LogP contribution < -0.4 is 5.32 Å². The number of thioether (sulfide) groups is 1. The molecule has 2 aromatic rings. The fourth-order valence-electron chi connectivity index (χ4n) is 1.58. The molecule has 0 atom stereocenters. The van der Waals surface area contributed by atoms with Crippen molar-refractivity contribution in [1.82, 2.24) is 4.98 Å². The number of carbonyl (C=O) groups excluding carboxylic acids is 1. The molecule has 7 heteroatoms.